The third-order valence-electron chi connectivity index (χ3n) is 3.80. The highest BCUT2D eigenvalue weighted by Crippen LogP contribution is 2.42. The first-order chi connectivity index (χ1) is 8.63. The van der Waals surface area contributed by atoms with Crippen molar-refractivity contribution in [3.05, 3.63) is 0 Å². The van der Waals surface area contributed by atoms with Crippen molar-refractivity contribution in [1.29, 1.82) is 0 Å². The highest BCUT2D eigenvalue weighted by molar-refractivity contribution is 7.89. The van der Waals surface area contributed by atoms with Crippen LogP contribution in [0, 0.1) is 11.3 Å². The van der Waals surface area contributed by atoms with Crippen molar-refractivity contribution in [2.75, 3.05) is 18.9 Å². The minimum Gasteiger partial charge on any atom is -0.377 e. The highest BCUT2D eigenvalue weighted by Gasteiger charge is 2.48. The molecule has 0 aromatic rings. The Labute approximate surface area is 117 Å². The fraction of sp³-hybridized carbons (Fsp3) is 1.00. The second kappa shape index (κ2) is 6.52. The van der Waals surface area contributed by atoms with E-state index in [1.54, 1.807) is 0 Å². The summed E-state index contributed by atoms with van der Waals surface area (Å²) < 4.78 is 27.5. The van der Waals surface area contributed by atoms with Gasteiger partial charge in [-0.25, -0.2) is 13.6 Å². The molecule has 2 atom stereocenters. The lowest BCUT2D eigenvalue weighted by Crippen LogP contribution is -2.61. The van der Waals surface area contributed by atoms with Crippen molar-refractivity contribution in [3.8, 4) is 0 Å². The average molecular weight is 292 g/mol. The number of sulfonamides is 1. The van der Waals surface area contributed by atoms with Gasteiger partial charge in [0.1, 0.15) is 0 Å². The van der Waals surface area contributed by atoms with Gasteiger partial charge in [-0.2, -0.15) is 0 Å². The molecule has 114 valence electrons. The zero-order chi connectivity index (χ0) is 14.7. The van der Waals surface area contributed by atoms with Crippen LogP contribution in [0.5, 0.6) is 0 Å². The zero-order valence-electron chi connectivity index (χ0n) is 12.5. The van der Waals surface area contributed by atoms with Crippen LogP contribution in [-0.4, -0.2) is 39.5 Å². The SMILES string of the molecule is CC(C)COC1CC(NCCCS(N)(=O)=O)C1(C)C. The Balaban J connectivity index is 2.23. The van der Waals surface area contributed by atoms with Crippen LogP contribution in [-0.2, 0) is 14.8 Å². The molecule has 3 N–H and O–H groups in total. The van der Waals surface area contributed by atoms with E-state index in [-0.39, 0.29) is 11.2 Å². The summed E-state index contributed by atoms with van der Waals surface area (Å²) >= 11 is 0. The van der Waals surface area contributed by atoms with Crippen LogP contribution in [0.3, 0.4) is 0 Å². The van der Waals surface area contributed by atoms with Crippen molar-refractivity contribution < 1.29 is 13.2 Å². The van der Waals surface area contributed by atoms with Crippen molar-refractivity contribution in [2.24, 2.45) is 16.5 Å². The molecule has 0 heterocycles. The second-order valence-electron chi connectivity index (χ2n) is 6.50. The lowest BCUT2D eigenvalue weighted by Gasteiger charge is -2.52. The lowest BCUT2D eigenvalue weighted by atomic mass is 9.64. The maximum Gasteiger partial charge on any atom is 0.209 e. The van der Waals surface area contributed by atoms with E-state index in [1.807, 2.05) is 0 Å². The van der Waals surface area contributed by atoms with Crippen LogP contribution < -0.4 is 10.5 Å². The third kappa shape index (κ3) is 5.38. The fourth-order valence-corrected chi connectivity index (χ4v) is 2.92. The van der Waals surface area contributed by atoms with Gasteiger partial charge in [0.05, 0.1) is 11.9 Å². The minimum absolute atomic E-state index is 0.0421. The molecule has 0 radical (unpaired) electrons. The monoisotopic (exact) mass is 292 g/mol. The van der Waals surface area contributed by atoms with Gasteiger partial charge in [0.25, 0.3) is 0 Å². The van der Waals surface area contributed by atoms with Crippen LogP contribution in [0.1, 0.15) is 40.5 Å². The number of hydrogen-bond acceptors (Lipinski definition) is 4. The van der Waals surface area contributed by atoms with Crippen LogP contribution in [0.25, 0.3) is 0 Å². The molecular formula is C13H28N2O3S. The molecule has 0 aliphatic heterocycles. The van der Waals surface area contributed by atoms with Gasteiger partial charge < -0.3 is 10.1 Å². The highest BCUT2D eigenvalue weighted by atomic mass is 32.2. The van der Waals surface area contributed by atoms with E-state index in [9.17, 15) is 8.42 Å². The third-order valence-corrected chi connectivity index (χ3v) is 4.66. The molecule has 1 aliphatic carbocycles. The van der Waals surface area contributed by atoms with Gasteiger partial charge in [-0.15, -0.1) is 0 Å². The molecule has 1 rings (SSSR count). The summed E-state index contributed by atoms with van der Waals surface area (Å²) in [6, 6.07) is 0.394. The van der Waals surface area contributed by atoms with Crippen LogP contribution in [0.15, 0.2) is 0 Å². The predicted molar refractivity (Wildman–Crippen MR) is 77.4 cm³/mol. The van der Waals surface area contributed by atoms with E-state index in [2.05, 4.69) is 33.0 Å². The minimum atomic E-state index is -3.33. The molecule has 1 aliphatic rings. The van der Waals surface area contributed by atoms with E-state index in [4.69, 9.17) is 9.88 Å². The van der Waals surface area contributed by atoms with Crippen molar-refractivity contribution >= 4 is 10.0 Å². The quantitative estimate of drug-likeness (QED) is 0.656. The van der Waals surface area contributed by atoms with E-state index in [0.29, 0.717) is 31.0 Å². The largest absolute Gasteiger partial charge is 0.377 e. The Kier molecular flexibility index (Phi) is 5.79. The van der Waals surface area contributed by atoms with Gasteiger partial charge in [0.15, 0.2) is 0 Å². The van der Waals surface area contributed by atoms with E-state index >= 15 is 0 Å². The van der Waals surface area contributed by atoms with Gasteiger partial charge in [-0.1, -0.05) is 27.7 Å². The standard InChI is InChI=1S/C13H28N2O3S/c1-10(2)9-18-12-8-11(13(12,3)4)15-6-5-7-19(14,16)17/h10-12,15H,5-9H2,1-4H3,(H2,14,16,17). The van der Waals surface area contributed by atoms with E-state index in [1.165, 1.54) is 0 Å². The molecule has 0 spiro atoms. The van der Waals surface area contributed by atoms with Gasteiger partial charge in [0, 0.05) is 18.1 Å². The Morgan fingerprint density at radius 3 is 2.53 bits per heavy atom. The van der Waals surface area contributed by atoms with E-state index in [0.717, 1.165) is 13.0 Å². The van der Waals surface area contributed by atoms with Crippen LogP contribution in [0.2, 0.25) is 0 Å². The summed E-state index contributed by atoms with van der Waals surface area (Å²) in [5.74, 6) is 0.595. The number of primary sulfonamides is 1. The maximum absolute atomic E-state index is 10.8. The van der Waals surface area contributed by atoms with Crippen molar-refractivity contribution in [1.82, 2.24) is 5.32 Å². The number of nitrogens with one attached hydrogen (secondary N) is 1. The topological polar surface area (TPSA) is 81.4 Å². The first-order valence-corrected chi connectivity index (χ1v) is 8.70. The summed E-state index contributed by atoms with van der Waals surface area (Å²) in [6.07, 6.45) is 1.85. The molecule has 0 aromatic heterocycles. The number of hydrogen-bond donors (Lipinski definition) is 2. The van der Waals surface area contributed by atoms with E-state index < -0.39 is 10.0 Å². The van der Waals surface area contributed by atoms with Crippen LogP contribution in [0.4, 0.5) is 0 Å². The summed E-state index contributed by atoms with van der Waals surface area (Å²) in [5, 5.41) is 8.37. The summed E-state index contributed by atoms with van der Waals surface area (Å²) in [6.45, 7) is 10.2. The number of rotatable bonds is 8. The molecule has 6 heteroatoms. The van der Waals surface area contributed by atoms with Crippen LogP contribution >= 0.6 is 0 Å². The molecule has 5 nitrogen and oxygen atoms in total. The zero-order valence-corrected chi connectivity index (χ0v) is 13.3. The first-order valence-electron chi connectivity index (χ1n) is 6.98. The smallest absolute Gasteiger partial charge is 0.209 e. The first kappa shape index (κ1) is 16.9. The fourth-order valence-electron chi connectivity index (χ4n) is 2.37. The Hall–Kier alpha value is -0.170. The van der Waals surface area contributed by atoms with Gasteiger partial charge in [-0.05, 0) is 25.3 Å². The molecule has 0 amide bonds. The molecular weight excluding hydrogens is 264 g/mol. The van der Waals surface area contributed by atoms with Gasteiger partial charge >= 0.3 is 0 Å². The van der Waals surface area contributed by atoms with Crippen molar-refractivity contribution in [3.63, 3.8) is 0 Å². The summed E-state index contributed by atoms with van der Waals surface area (Å²) in [7, 11) is -3.33. The maximum atomic E-state index is 10.8. The number of nitrogens with two attached hydrogens (primary N) is 1. The molecule has 0 bridgehead atoms. The van der Waals surface area contributed by atoms with Crippen molar-refractivity contribution in [2.45, 2.75) is 52.7 Å². The lowest BCUT2D eigenvalue weighted by molar-refractivity contribution is -0.123. The number of ether oxygens (including phenoxy) is 1. The molecule has 1 saturated carbocycles. The van der Waals surface area contributed by atoms with Gasteiger partial charge in [-0.3, -0.25) is 0 Å². The molecule has 19 heavy (non-hydrogen) atoms. The molecule has 0 aromatic carbocycles. The predicted octanol–water partition coefficient (Wildman–Crippen LogP) is 1.09. The Morgan fingerprint density at radius 2 is 2.05 bits per heavy atom. The normalized spacial score (nSPS) is 26.4. The van der Waals surface area contributed by atoms with Gasteiger partial charge in [0.2, 0.25) is 10.0 Å². The Bertz CT molecular complexity index is 379. The molecule has 1 fully saturated rings. The average Bonchev–Trinajstić information content (AvgIpc) is 2.24. The second-order valence-corrected chi connectivity index (χ2v) is 8.23. The molecule has 0 saturated heterocycles. The summed E-state index contributed by atoms with van der Waals surface area (Å²) in [5.41, 5.74) is 0.108. The summed E-state index contributed by atoms with van der Waals surface area (Å²) in [4.78, 5) is 0. The Morgan fingerprint density at radius 1 is 1.42 bits per heavy atom. The molecule has 2 unspecified atom stereocenters.